The van der Waals surface area contributed by atoms with Crippen LogP contribution in [0.3, 0.4) is 0 Å². The van der Waals surface area contributed by atoms with E-state index in [0.29, 0.717) is 5.56 Å². The number of nitrogens with zero attached hydrogens (tertiary/aromatic N) is 2. The molecule has 1 fully saturated rings. The number of hydrazone groups is 1. The van der Waals surface area contributed by atoms with Crippen molar-refractivity contribution in [1.29, 1.82) is 0 Å². The molecule has 1 aromatic carbocycles. The zero-order chi connectivity index (χ0) is 18.9. The maximum atomic E-state index is 12.8. The zero-order valence-electron chi connectivity index (χ0n) is 16.5. The number of amides is 1. The molecule has 1 saturated carbocycles. The van der Waals surface area contributed by atoms with Gasteiger partial charge in [0, 0.05) is 16.8 Å². The van der Waals surface area contributed by atoms with Crippen LogP contribution in [0.1, 0.15) is 86.7 Å². The van der Waals surface area contributed by atoms with Crippen LogP contribution in [0.15, 0.2) is 35.4 Å². The highest BCUT2D eigenvalue weighted by Crippen LogP contribution is 2.19. The molecule has 1 aliphatic rings. The molecule has 4 heteroatoms. The van der Waals surface area contributed by atoms with Gasteiger partial charge >= 0.3 is 0 Å². The molecule has 0 spiro atoms. The molecule has 144 valence electrons. The fourth-order valence-corrected chi connectivity index (χ4v) is 3.82. The molecule has 0 aliphatic heterocycles. The molecular formula is C23H31N3O. The first-order valence-corrected chi connectivity index (χ1v) is 10.5. The zero-order valence-corrected chi connectivity index (χ0v) is 16.5. The molecule has 2 aromatic rings. The van der Waals surface area contributed by atoms with Gasteiger partial charge in [-0.15, -0.1) is 0 Å². The van der Waals surface area contributed by atoms with Crippen molar-refractivity contribution < 1.29 is 4.79 Å². The van der Waals surface area contributed by atoms with Crippen molar-refractivity contribution in [2.75, 3.05) is 0 Å². The van der Waals surface area contributed by atoms with Gasteiger partial charge in [0.05, 0.1) is 11.1 Å². The lowest BCUT2D eigenvalue weighted by atomic mass is 10.00. The molecule has 27 heavy (non-hydrogen) atoms. The summed E-state index contributed by atoms with van der Waals surface area (Å²) in [6.45, 7) is 1.92. The summed E-state index contributed by atoms with van der Waals surface area (Å²) in [5.74, 6) is -0.143. The van der Waals surface area contributed by atoms with Crippen LogP contribution in [0.2, 0.25) is 0 Å². The van der Waals surface area contributed by atoms with Crippen LogP contribution in [0.5, 0.6) is 0 Å². The van der Waals surface area contributed by atoms with Gasteiger partial charge in [-0.05, 0) is 44.7 Å². The first-order chi connectivity index (χ1) is 13.2. The Morgan fingerprint density at radius 2 is 1.52 bits per heavy atom. The Morgan fingerprint density at radius 3 is 2.19 bits per heavy atom. The standard InChI is InChI=1S/C23H31N3O/c1-18-17-21(20-15-11-12-16-22(20)24-18)23(27)26-25-19-13-9-7-5-3-2-4-6-8-10-14-19/h11-12,15-17H,2-10,13-14H2,1H3,(H,26,27). The first kappa shape index (κ1) is 19.5. The van der Waals surface area contributed by atoms with Crippen LogP contribution in [-0.4, -0.2) is 16.6 Å². The Morgan fingerprint density at radius 1 is 0.926 bits per heavy atom. The molecule has 0 radical (unpaired) electrons. The molecule has 3 rings (SSSR count). The van der Waals surface area contributed by atoms with E-state index in [4.69, 9.17) is 0 Å². The van der Waals surface area contributed by atoms with Gasteiger partial charge in [-0.1, -0.05) is 63.1 Å². The monoisotopic (exact) mass is 365 g/mol. The molecule has 0 atom stereocenters. The number of benzene rings is 1. The number of para-hydroxylation sites is 1. The van der Waals surface area contributed by atoms with E-state index in [1.54, 1.807) is 0 Å². The minimum atomic E-state index is -0.143. The summed E-state index contributed by atoms with van der Waals surface area (Å²) in [5, 5.41) is 5.40. The molecular weight excluding hydrogens is 334 g/mol. The Kier molecular flexibility index (Phi) is 7.37. The van der Waals surface area contributed by atoms with E-state index >= 15 is 0 Å². The van der Waals surface area contributed by atoms with E-state index in [-0.39, 0.29) is 5.91 Å². The summed E-state index contributed by atoms with van der Waals surface area (Å²) in [6, 6.07) is 9.62. The highest BCUT2D eigenvalue weighted by atomic mass is 16.2. The minimum Gasteiger partial charge on any atom is -0.267 e. The number of fused-ring (bicyclic) bond motifs is 1. The quantitative estimate of drug-likeness (QED) is 0.670. The van der Waals surface area contributed by atoms with E-state index in [1.165, 1.54) is 57.8 Å². The molecule has 1 aromatic heterocycles. The van der Waals surface area contributed by atoms with Gasteiger partial charge in [0.1, 0.15) is 0 Å². The Bertz CT molecular complexity index is 783. The van der Waals surface area contributed by atoms with E-state index in [9.17, 15) is 4.79 Å². The van der Waals surface area contributed by atoms with Crippen molar-refractivity contribution in [3.8, 4) is 0 Å². The maximum absolute atomic E-state index is 12.8. The maximum Gasteiger partial charge on any atom is 0.272 e. The average Bonchev–Trinajstić information content (AvgIpc) is 2.66. The predicted molar refractivity (Wildman–Crippen MR) is 112 cm³/mol. The van der Waals surface area contributed by atoms with Gasteiger partial charge in [-0.3, -0.25) is 9.78 Å². The highest BCUT2D eigenvalue weighted by molar-refractivity contribution is 6.06. The second-order valence-electron chi connectivity index (χ2n) is 7.63. The smallest absolute Gasteiger partial charge is 0.267 e. The molecule has 1 amide bonds. The van der Waals surface area contributed by atoms with E-state index in [2.05, 4.69) is 15.5 Å². The lowest BCUT2D eigenvalue weighted by Crippen LogP contribution is -2.20. The first-order valence-electron chi connectivity index (χ1n) is 10.5. The fraction of sp³-hybridized carbons (Fsp3) is 0.522. The number of rotatable bonds is 2. The minimum absolute atomic E-state index is 0.143. The summed E-state index contributed by atoms with van der Waals surface area (Å²) in [4.78, 5) is 17.3. The summed E-state index contributed by atoms with van der Waals surface area (Å²) in [5.41, 5.74) is 6.30. The van der Waals surface area contributed by atoms with Crippen LogP contribution >= 0.6 is 0 Å². The van der Waals surface area contributed by atoms with Crippen LogP contribution < -0.4 is 5.43 Å². The van der Waals surface area contributed by atoms with Crippen molar-refractivity contribution in [1.82, 2.24) is 10.4 Å². The van der Waals surface area contributed by atoms with Crippen LogP contribution in [0, 0.1) is 6.92 Å². The number of hydrogen-bond donors (Lipinski definition) is 1. The molecule has 1 N–H and O–H groups in total. The third-order valence-corrected chi connectivity index (χ3v) is 5.34. The fourth-order valence-electron chi connectivity index (χ4n) is 3.82. The average molecular weight is 366 g/mol. The van der Waals surface area contributed by atoms with Crippen molar-refractivity contribution in [2.24, 2.45) is 5.10 Å². The third kappa shape index (κ3) is 5.88. The molecule has 0 unspecified atom stereocenters. The summed E-state index contributed by atoms with van der Waals surface area (Å²) in [7, 11) is 0. The van der Waals surface area contributed by atoms with Gasteiger partial charge in [0.2, 0.25) is 0 Å². The van der Waals surface area contributed by atoms with Gasteiger partial charge in [-0.25, -0.2) is 5.43 Å². The Hall–Kier alpha value is -2.23. The number of carbonyl (C=O) groups excluding carboxylic acids is 1. The molecule has 1 aliphatic carbocycles. The van der Waals surface area contributed by atoms with Crippen LogP contribution in [0.25, 0.3) is 10.9 Å². The molecule has 0 bridgehead atoms. The van der Waals surface area contributed by atoms with E-state index in [1.807, 2.05) is 37.3 Å². The second-order valence-corrected chi connectivity index (χ2v) is 7.63. The van der Waals surface area contributed by atoms with Crippen molar-refractivity contribution in [3.05, 3.63) is 41.6 Å². The lowest BCUT2D eigenvalue weighted by Gasteiger charge is -2.10. The number of hydrogen-bond acceptors (Lipinski definition) is 3. The number of aromatic nitrogens is 1. The molecule has 1 heterocycles. The van der Waals surface area contributed by atoms with Gasteiger partial charge in [0.15, 0.2) is 0 Å². The van der Waals surface area contributed by atoms with Crippen molar-refractivity contribution >= 4 is 22.5 Å². The van der Waals surface area contributed by atoms with Gasteiger partial charge in [0.25, 0.3) is 5.91 Å². The third-order valence-electron chi connectivity index (χ3n) is 5.34. The molecule has 4 nitrogen and oxygen atoms in total. The summed E-state index contributed by atoms with van der Waals surface area (Å²) < 4.78 is 0. The van der Waals surface area contributed by atoms with Gasteiger partial charge < -0.3 is 0 Å². The summed E-state index contributed by atoms with van der Waals surface area (Å²) in [6.07, 6.45) is 13.6. The topological polar surface area (TPSA) is 54.4 Å². The van der Waals surface area contributed by atoms with Gasteiger partial charge in [-0.2, -0.15) is 5.10 Å². The lowest BCUT2D eigenvalue weighted by molar-refractivity contribution is 0.0956. The number of pyridine rings is 1. The normalized spacial score (nSPS) is 17.0. The van der Waals surface area contributed by atoms with E-state index < -0.39 is 0 Å². The molecule has 0 saturated heterocycles. The predicted octanol–water partition coefficient (Wildman–Crippen LogP) is 5.93. The number of carbonyl (C=O) groups is 1. The largest absolute Gasteiger partial charge is 0.272 e. The van der Waals surface area contributed by atoms with Crippen molar-refractivity contribution in [3.63, 3.8) is 0 Å². The SMILES string of the molecule is Cc1cc(C(=O)NN=C2CCCCCCCCCCC2)c2ccccc2n1. The van der Waals surface area contributed by atoms with E-state index in [0.717, 1.165) is 35.2 Å². The number of nitrogens with one attached hydrogen (secondary N) is 1. The highest BCUT2D eigenvalue weighted by Gasteiger charge is 2.12. The van der Waals surface area contributed by atoms with Crippen LogP contribution in [-0.2, 0) is 0 Å². The van der Waals surface area contributed by atoms with Crippen molar-refractivity contribution in [2.45, 2.75) is 77.6 Å². The second kappa shape index (κ2) is 10.2. The Labute approximate surface area is 162 Å². The van der Waals surface area contributed by atoms with Crippen LogP contribution in [0.4, 0.5) is 0 Å². The number of aryl methyl sites for hydroxylation is 1. The summed E-state index contributed by atoms with van der Waals surface area (Å²) >= 11 is 0. The Balaban J connectivity index is 1.70.